The maximum atomic E-state index is 12.2. The van der Waals surface area contributed by atoms with Crippen molar-refractivity contribution in [2.45, 2.75) is 31.6 Å². The van der Waals surface area contributed by atoms with E-state index in [9.17, 15) is 18.0 Å². The molecule has 0 aliphatic carbocycles. The SMILES string of the molecule is Cc1[nH]c(=O)c(C#N)c(C)c1CCC(=O)Nc1ccc(S(=O)(=O)N(C)C)cc1. The third-order valence-electron chi connectivity index (χ3n) is 4.44. The second kappa shape index (κ2) is 8.37. The molecule has 0 atom stereocenters. The molecule has 0 bridgehead atoms. The van der Waals surface area contributed by atoms with Gasteiger partial charge in [0.1, 0.15) is 11.6 Å². The summed E-state index contributed by atoms with van der Waals surface area (Å²) in [5, 5.41) is 11.8. The summed E-state index contributed by atoms with van der Waals surface area (Å²) < 4.78 is 25.2. The molecule has 0 saturated heterocycles. The van der Waals surface area contributed by atoms with E-state index in [-0.39, 0.29) is 22.8 Å². The molecule has 0 saturated carbocycles. The number of carbonyl (C=O) groups excluding carboxylic acids is 1. The van der Waals surface area contributed by atoms with Crippen LogP contribution in [0.5, 0.6) is 0 Å². The van der Waals surface area contributed by atoms with Crippen molar-refractivity contribution in [1.82, 2.24) is 9.29 Å². The summed E-state index contributed by atoms with van der Waals surface area (Å²) in [4.78, 5) is 26.8. The zero-order valence-electron chi connectivity index (χ0n) is 16.2. The van der Waals surface area contributed by atoms with Gasteiger partial charge >= 0.3 is 0 Å². The fourth-order valence-electron chi connectivity index (χ4n) is 2.80. The number of aromatic nitrogens is 1. The van der Waals surface area contributed by atoms with E-state index in [2.05, 4.69) is 10.3 Å². The summed E-state index contributed by atoms with van der Waals surface area (Å²) in [6.45, 7) is 3.42. The minimum Gasteiger partial charge on any atom is -0.326 e. The Morgan fingerprint density at radius 1 is 1.21 bits per heavy atom. The second-order valence-corrected chi connectivity index (χ2v) is 8.68. The van der Waals surface area contributed by atoms with Crippen LogP contribution >= 0.6 is 0 Å². The molecular formula is C19H22N4O4S. The molecule has 0 radical (unpaired) electrons. The fourth-order valence-corrected chi connectivity index (χ4v) is 3.71. The summed E-state index contributed by atoms with van der Waals surface area (Å²) in [5.74, 6) is -0.258. The first kappa shape index (κ1) is 21.3. The smallest absolute Gasteiger partial charge is 0.266 e. The number of amides is 1. The zero-order valence-corrected chi connectivity index (χ0v) is 17.0. The molecule has 1 aromatic carbocycles. The number of pyridine rings is 1. The molecule has 1 amide bonds. The van der Waals surface area contributed by atoms with E-state index in [4.69, 9.17) is 5.26 Å². The summed E-state index contributed by atoms with van der Waals surface area (Å²) in [6.07, 6.45) is 0.512. The van der Waals surface area contributed by atoms with Crippen molar-refractivity contribution in [3.63, 3.8) is 0 Å². The number of carbonyl (C=O) groups is 1. The molecule has 0 fully saturated rings. The lowest BCUT2D eigenvalue weighted by molar-refractivity contribution is -0.116. The molecule has 0 unspecified atom stereocenters. The number of aromatic amines is 1. The Kier molecular flexibility index (Phi) is 6.38. The first-order chi connectivity index (χ1) is 13.1. The topological polar surface area (TPSA) is 123 Å². The van der Waals surface area contributed by atoms with Gasteiger partial charge in [-0.1, -0.05) is 0 Å². The van der Waals surface area contributed by atoms with Crippen LogP contribution in [-0.4, -0.2) is 37.7 Å². The molecule has 2 rings (SSSR count). The Labute approximate surface area is 163 Å². The molecule has 0 aliphatic rings. The molecule has 0 aliphatic heterocycles. The largest absolute Gasteiger partial charge is 0.326 e. The van der Waals surface area contributed by atoms with Crippen molar-refractivity contribution in [2.24, 2.45) is 0 Å². The van der Waals surface area contributed by atoms with Gasteiger partial charge in [0.15, 0.2) is 0 Å². The van der Waals surface area contributed by atoms with E-state index >= 15 is 0 Å². The third-order valence-corrected chi connectivity index (χ3v) is 6.27. The van der Waals surface area contributed by atoms with Gasteiger partial charge in [-0.25, -0.2) is 12.7 Å². The number of H-pyrrole nitrogens is 1. The van der Waals surface area contributed by atoms with Gasteiger partial charge in [-0.15, -0.1) is 0 Å². The quantitative estimate of drug-likeness (QED) is 0.761. The van der Waals surface area contributed by atoms with Crippen LogP contribution in [0.1, 0.15) is 28.8 Å². The molecule has 28 heavy (non-hydrogen) atoms. The summed E-state index contributed by atoms with van der Waals surface area (Å²) in [7, 11) is -0.627. The molecule has 8 nitrogen and oxygen atoms in total. The highest BCUT2D eigenvalue weighted by Gasteiger charge is 2.17. The van der Waals surface area contributed by atoms with Crippen molar-refractivity contribution in [3.05, 3.63) is 57.0 Å². The fraction of sp³-hybridized carbons (Fsp3) is 0.316. The van der Waals surface area contributed by atoms with Gasteiger partial charge in [-0.2, -0.15) is 5.26 Å². The molecule has 2 aromatic rings. The van der Waals surface area contributed by atoms with Crippen molar-refractivity contribution in [3.8, 4) is 6.07 Å². The zero-order chi connectivity index (χ0) is 21.1. The minimum absolute atomic E-state index is 0.0544. The van der Waals surface area contributed by atoms with E-state index in [0.717, 1.165) is 9.87 Å². The van der Waals surface area contributed by atoms with E-state index in [1.165, 1.54) is 38.4 Å². The predicted molar refractivity (Wildman–Crippen MR) is 106 cm³/mol. The highest BCUT2D eigenvalue weighted by Crippen LogP contribution is 2.18. The van der Waals surface area contributed by atoms with E-state index < -0.39 is 15.6 Å². The predicted octanol–water partition coefficient (Wildman–Crippen LogP) is 1.69. The number of nitrogens with one attached hydrogen (secondary N) is 2. The van der Waals surface area contributed by atoms with Gasteiger partial charge in [-0.3, -0.25) is 9.59 Å². The van der Waals surface area contributed by atoms with Crippen LogP contribution in [0.15, 0.2) is 34.0 Å². The average Bonchev–Trinajstić information content (AvgIpc) is 2.61. The maximum Gasteiger partial charge on any atom is 0.266 e. The first-order valence-electron chi connectivity index (χ1n) is 8.52. The van der Waals surface area contributed by atoms with Gasteiger partial charge < -0.3 is 10.3 Å². The van der Waals surface area contributed by atoms with Crippen molar-refractivity contribution in [2.75, 3.05) is 19.4 Å². The standard InChI is InChI=1S/C19H22N4O4S/c1-12-16(13(2)21-19(25)17(12)11-20)9-10-18(24)22-14-5-7-15(8-6-14)28(26,27)23(3)4/h5-8H,9-10H2,1-4H3,(H,21,25)(H,22,24). The van der Waals surface area contributed by atoms with Crippen LogP contribution in [0.3, 0.4) is 0 Å². The number of nitriles is 1. The maximum absolute atomic E-state index is 12.2. The molecular weight excluding hydrogens is 380 g/mol. The second-order valence-electron chi connectivity index (χ2n) is 6.53. The Hall–Kier alpha value is -2.96. The number of nitrogens with zero attached hydrogens (tertiary/aromatic N) is 2. The highest BCUT2D eigenvalue weighted by molar-refractivity contribution is 7.89. The number of rotatable bonds is 6. The summed E-state index contributed by atoms with van der Waals surface area (Å²) >= 11 is 0. The van der Waals surface area contributed by atoms with Crippen molar-refractivity contribution in [1.29, 1.82) is 5.26 Å². The van der Waals surface area contributed by atoms with Gasteiger partial charge in [0, 0.05) is 31.9 Å². The first-order valence-corrected chi connectivity index (χ1v) is 9.96. The minimum atomic E-state index is -3.52. The third kappa shape index (κ3) is 4.47. The lowest BCUT2D eigenvalue weighted by atomic mass is 9.99. The van der Waals surface area contributed by atoms with Crippen LogP contribution in [-0.2, 0) is 21.2 Å². The Morgan fingerprint density at radius 3 is 2.36 bits per heavy atom. The van der Waals surface area contributed by atoms with E-state index in [1.807, 2.05) is 6.07 Å². The van der Waals surface area contributed by atoms with Crippen LogP contribution in [0.4, 0.5) is 5.69 Å². The monoisotopic (exact) mass is 402 g/mol. The number of anilines is 1. The normalized spacial score (nSPS) is 11.3. The number of sulfonamides is 1. The van der Waals surface area contributed by atoms with Crippen LogP contribution in [0, 0.1) is 25.2 Å². The lowest BCUT2D eigenvalue weighted by Gasteiger charge is -2.12. The molecule has 0 spiro atoms. The number of hydrogen-bond donors (Lipinski definition) is 2. The van der Waals surface area contributed by atoms with Gasteiger partial charge in [-0.05, 0) is 55.7 Å². The van der Waals surface area contributed by atoms with Crippen LogP contribution in [0.25, 0.3) is 0 Å². The van der Waals surface area contributed by atoms with E-state index in [1.54, 1.807) is 13.8 Å². The van der Waals surface area contributed by atoms with Crippen molar-refractivity contribution < 1.29 is 13.2 Å². The number of aryl methyl sites for hydroxylation is 1. The molecule has 1 heterocycles. The highest BCUT2D eigenvalue weighted by atomic mass is 32.2. The lowest BCUT2D eigenvalue weighted by Crippen LogP contribution is -2.22. The average molecular weight is 402 g/mol. The molecule has 148 valence electrons. The molecule has 1 aromatic heterocycles. The molecule has 9 heteroatoms. The van der Waals surface area contributed by atoms with E-state index in [0.29, 0.717) is 23.4 Å². The van der Waals surface area contributed by atoms with Gasteiger partial charge in [0.05, 0.1) is 4.90 Å². The Morgan fingerprint density at radius 2 is 1.82 bits per heavy atom. The number of benzene rings is 1. The Balaban J connectivity index is 2.08. The van der Waals surface area contributed by atoms with Crippen molar-refractivity contribution >= 4 is 21.6 Å². The number of hydrogen-bond acceptors (Lipinski definition) is 5. The van der Waals surface area contributed by atoms with Gasteiger partial charge in [0.25, 0.3) is 5.56 Å². The van der Waals surface area contributed by atoms with Gasteiger partial charge in [0.2, 0.25) is 15.9 Å². The summed E-state index contributed by atoms with van der Waals surface area (Å²) in [6, 6.07) is 7.80. The molecule has 2 N–H and O–H groups in total. The Bertz CT molecular complexity index is 1090. The van der Waals surface area contributed by atoms with Crippen LogP contribution < -0.4 is 10.9 Å². The summed E-state index contributed by atoms with van der Waals surface area (Å²) in [5.41, 5.74) is 2.08. The van der Waals surface area contributed by atoms with Crippen LogP contribution in [0.2, 0.25) is 0 Å².